The SMILES string of the molecule is COCCN(Cc1ccsc1)C(=O)c1ccc(F)cc1. The van der Waals surface area contributed by atoms with E-state index >= 15 is 0 Å². The highest BCUT2D eigenvalue weighted by atomic mass is 32.1. The molecule has 1 aromatic heterocycles. The third kappa shape index (κ3) is 3.88. The van der Waals surface area contributed by atoms with E-state index in [9.17, 15) is 9.18 Å². The Hall–Kier alpha value is -1.72. The van der Waals surface area contributed by atoms with Gasteiger partial charge in [0.15, 0.2) is 0 Å². The van der Waals surface area contributed by atoms with E-state index in [1.54, 1.807) is 23.3 Å². The van der Waals surface area contributed by atoms with Gasteiger partial charge in [0, 0.05) is 25.8 Å². The molecular formula is C15H16FNO2S. The van der Waals surface area contributed by atoms with Crippen molar-refractivity contribution < 1.29 is 13.9 Å². The summed E-state index contributed by atoms with van der Waals surface area (Å²) in [5, 5.41) is 3.99. The summed E-state index contributed by atoms with van der Waals surface area (Å²) in [6.07, 6.45) is 0. The van der Waals surface area contributed by atoms with E-state index in [-0.39, 0.29) is 11.7 Å². The van der Waals surface area contributed by atoms with Gasteiger partial charge >= 0.3 is 0 Å². The van der Waals surface area contributed by atoms with Gasteiger partial charge in [-0.3, -0.25) is 4.79 Å². The Morgan fingerprint density at radius 1 is 1.30 bits per heavy atom. The van der Waals surface area contributed by atoms with Gasteiger partial charge in [-0.1, -0.05) is 0 Å². The summed E-state index contributed by atoms with van der Waals surface area (Å²) >= 11 is 1.60. The number of amides is 1. The molecule has 1 aromatic carbocycles. The van der Waals surface area contributed by atoms with Crippen LogP contribution in [0.5, 0.6) is 0 Å². The fourth-order valence-corrected chi connectivity index (χ4v) is 2.49. The summed E-state index contributed by atoms with van der Waals surface area (Å²) in [7, 11) is 1.60. The van der Waals surface area contributed by atoms with Crippen LogP contribution in [0.1, 0.15) is 15.9 Å². The van der Waals surface area contributed by atoms with Gasteiger partial charge in [-0.15, -0.1) is 0 Å². The number of ether oxygens (including phenoxy) is 1. The first kappa shape index (κ1) is 14.7. The van der Waals surface area contributed by atoms with Gasteiger partial charge in [-0.25, -0.2) is 4.39 Å². The van der Waals surface area contributed by atoms with Gasteiger partial charge in [0.2, 0.25) is 0 Å². The quantitative estimate of drug-likeness (QED) is 0.818. The van der Waals surface area contributed by atoms with Crippen LogP contribution in [0.3, 0.4) is 0 Å². The summed E-state index contributed by atoms with van der Waals surface area (Å²) in [6, 6.07) is 7.59. The van der Waals surface area contributed by atoms with Gasteiger partial charge in [0.05, 0.1) is 6.61 Å². The molecule has 1 amide bonds. The Morgan fingerprint density at radius 3 is 2.65 bits per heavy atom. The fraction of sp³-hybridized carbons (Fsp3) is 0.267. The van der Waals surface area contributed by atoms with Crippen molar-refractivity contribution in [3.63, 3.8) is 0 Å². The molecule has 0 atom stereocenters. The summed E-state index contributed by atoms with van der Waals surface area (Å²) in [4.78, 5) is 14.1. The molecule has 1 heterocycles. The second-order valence-electron chi connectivity index (χ2n) is 4.36. The van der Waals surface area contributed by atoms with E-state index in [2.05, 4.69) is 0 Å². The van der Waals surface area contributed by atoms with E-state index in [1.807, 2.05) is 16.8 Å². The minimum absolute atomic E-state index is 0.117. The molecule has 20 heavy (non-hydrogen) atoms. The predicted octanol–water partition coefficient (Wildman–Crippen LogP) is 3.18. The van der Waals surface area contributed by atoms with Crippen LogP contribution in [0.25, 0.3) is 0 Å². The van der Waals surface area contributed by atoms with Crippen LogP contribution < -0.4 is 0 Å². The molecular weight excluding hydrogens is 277 g/mol. The zero-order valence-electron chi connectivity index (χ0n) is 11.2. The van der Waals surface area contributed by atoms with Crippen LogP contribution in [0.2, 0.25) is 0 Å². The molecule has 0 aliphatic carbocycles. The highest BCUT2D eigenvalue weighted by Gasteiger charge is 2.16. The number of thiophene rings is 1. The number of methoxy groups -OCH3 is 1. The van der Waals surface area contributed by atoms with Gasteiger partial charge in [-0.05, 0) is 46.7 Å². The van der Waals surface area contributed by atoms with Crippen molar-refractivity contribution in [3.8, 4) is 0 Å². The van der Waals surface area contributed by atoms with Crippen molar-refractivity contribution in [2.75, 3.05) is 20.3 Å². The van der Waals surface area contributed by atoms with Crippen molar-refractivity contribution in [1.29, 1.82) is 0 Å². The molecule has 0 N–H and O–H groups in total. The number of rotatable bonds is 6. The minimum atomic E-state index is -0.345. The molecule has 3 nitrogen and oxygen atoms in total. The average molecular weight is 293 g/mol. The summed E-state index contributed by atoms with van der Waals surface area (Å²) in [5.41, 5.74) is 1.57. The molecule has 0 saturated carbocycles. The van der Waals surface area contributed by atoms with Crippen LogP contribution in [-0.4, -0.2) is 31.1 Å². The lowest BCUT2D eigenvalue weighted by Crippen LogP contribution is -2.33. The topological polar surface area (TPSA) is 29.5 Å². The van der Waals surface area contributed by atoms with Crippen LogP contribution in [0.15, 0.2) is 41.1 Å². The maximum absolute atomic E-state index is 12.9. The molecule has 0 aliphatic heterocycles. The third-order valence-electron chi connectivity index (χ3n) is 2.90. The van der Waals surface area contributed by atoms with Crippen LogP contribution in [0, 0.1) is 5.82 Å². The largest absolute Gasteiger partial charge is 0.383 e. The predicted molar refractivity (Wildman–Crippen MR) is 77.3 cm³/mol. The van der Waals surface area contributed by atoms with Crippen LogP contribution >= 0.6 is 11.3 Å². The molecule has 2 aromatic rings. The lowest BCUT2D eigenvalue weighted by Gasteiger charge is -2.22. The van der Waals surface area contributed by atoms with Crippen molar-refractivity contribution in [3.05, 3.63) is 58.0 Å². The van der Waals surface area contributed by atoms with E-state index in [4.69, 9.17) is 4.74 Å². The number of carbonyl (C=O) groups excluding carboxylic acids is 1. The van der Waals surface area contributed by atoms with Crippen molar-refractivity contribution in [2.45, 2.75) is 6.54 Å². The second kappa shape index (κ2) is 7.17. The van der Waals surface area contributed by atoms with Crippen LogP contribution in [-0.2, 0) is 11.3 Å². The lowest BCUT2D eigenvalue weighted by molar-refractivity contribution is 0.0680. The smallest absolute Gasteiger partial charge is 0.254 e. The molecule has 106 valence electrons. The molecule has 0 aliphatic rings. The van der Waals surface area contributed by atoms with Gasteiger partial charge in [-0.2, -0.15) is 11.3 Å². The van der Waals surface area contributed by atoms with Gasteiger partial charge in [0.1, 0.15) is 5.82 Å². The van der Waals surface area contributed by atoms with Crippen molar-refractivity contribution in [1.82, 2.24) is 4.90 Å². The monoisotopic (exact) mass is 293 g/mol. The fourth-order valence-electron chi connectivity index (χ4n) is 1.83. The molecule has 5 heteroatoms. The van der Waals surface area contributed by atoms with Gasteiger partial charge in [0.25, 0.3) is 5.91 Å². The second-order valence-corrected chi connectivity index (χ2v) is 5.14. The average Bonchev–Trinajstić information content (AvgIpc) is 2.96. The molecule has 2 rings (SSSR count). The van der Waals surface area contributed by atoms with E-state index in [1.165, 1.54) is 24.3 Å². The molecule has 0 bridgehead atoms. The first-order valence-electron chi connectivity index (χ1n) is 6.25. The van der Waals surface area contributed by atoms with E-state index in [0.29, 0.717) is 25.3 Å². The third-order valence-corrected chi connectivity index (χ3v) is 3.63. The van der Waals surface area contributed by atoms with Gasteiger partial charge < -0.3 is 9.64 Å². The zero-order chi connectivity index (χ0) is 14.4. The normalized spacial score (nSPS) is 10.5. The number of hydrogen-bond acceptors (Lipinski definition) is 3. The van der Waals surface area contributed by atoms with Crippen molar-refractivity contribution >= 4 is 17.2 Å². The Morgan fingerprint density at radius 2 is 2.05 bits per heavy atom. The molecule has 0 spiro atoms. The zero-order valence-corrected chi connectivity index (χ0v) is 12.0. The maximum atomic E-state index is 12.9. The Labute approximate surface area is 121 Å². The Kier molecular flexibility index (Phi) is 5.26. The molecule has 0 unspecified atom stereocenters. The summed E-state index contributed by atoms with van der Waals surface area (Å²) < 4.78 is 18.0. The first-order chi connectivity index (χ1) is 9.70. The highest BCUT2D eigenvalue weighted by Crippen LogP contribution is 2.13. The number of nitrogens with zero attached hydrogens (tertiary/aromatic N) is 1. The Bertz CT molecular complexity index is 540. The van der Waals surface area contributed by atoms with Crippen molar-refractivity contribution in [2.24, 2.45) is 0 Å². The molecule has 0 fully saturated rings. The molecule has 0 saturated heterocycles. The summed E-state index contributed by atoms with van der Waals surface area (Å²) in [5.74, 6) is -0.462. The summed E-state index contributed by atoms with van der Waals surface area (Å²) in [6.45, 7) is 1.50. The number of halogens is 1. The minimum Gasteiger partial charge on any atom is -0.383 e. The Balaban J connectivity index is 2.12. The molecule has 0 radical (unpaired) electrons. The van der Waals surface area contributed by atoms with E-state index in [0.717, 1.165) is 5.56 Å². The van der Waals surface area contributed by atoms with Crippen LogP contribution in [0.4, 0.5) is 4.39 Å². The number of carbonyl (C=O) groups is 1. The van der Waals surface area contributed by atoms with E-state index < -0.39 is 0 Å². The highest BCUT2D eigenvalue weighted by molar-refractivity contribution is 7.07. The number of hydrogen-bond donors (Lipinski definition) is 0. The lowest BCUT2D eigenvalue weighted by atomic mass is 10.2. The number of benzene rings is 1. The standard InChI is InChI=1S/C15H16FNO2S/c1-19-8-7-17(10-12-6-9-20-11-12)15(18)13-2-4-14(16)5-3-13/h2-6,9,11H,7-8,10H2,1H3. The first-order valence-corrected chi connectivity index (χ1v) is 7.20. The maximum Gasteiger partial charge on any atom is 0.254 e.